The molecule has 292 valence electrons. The van der Waals surface area contributed by atoms with Gasteiger partial charge in [-0.25, -0.2) is 0 Å². The van der Waals surface area contributed by atoms with Crippen molar-refractivity contribution in [2.75, 3.05) is 13.2 Å². The van der Waals surface area contributed by atoms with Crippen LogP contribution in [0.4, 0.5) is 0 Å². The van der Waals surface area contributed by atoms with Gasteiger partial charge in [0.2, 0.25) is 23.8 Å². The molecule has 3 fully saturated rings. The lowest BCUT2D eigenvalue weighted by atomic mass is 9.98. The first-order valence-electron chi connectivity index (χ1n) is 16.4. The number of aliphatic hydroxyl groups excluding tert-OH is 10. The van der Waals surface area contributed by atoms with Crippen molar-refractivity contribution in [3.63, 3.8) is 0 Å². The van der Waals surface area contributed by atoms with Gasteiger partial charge in [-0.2, -0.15) is 0 Å². The number of aromatic hydroxyl groups is 2. The number of phenols is 2. The molecular weight excluding hydrogens is 716 g/mol. The maximum absolute atomic E-state index is 13.9. The molecule has 0 amide bonds. The second-order valence-corrected chi connectivity index (χ2v) is 12.9. The largest absolute Gasteiger partial charge is 0.508 e. The summed E-state index contributed by atoms with van der Waals surface area (Å²) in [6, 6.07) is 7.23. The average molecular weight is 757 g/mol. The Hall–Kier alpha value is -3.71. The van der Waals surface area contributed by atoms with Crippen molar-refractivity contribution in [1.82, 2.24) is 0 Å². The Balaban J connectivity index is 1.28. The number of fused-ring (bicyclic) bond motifs is 1. The second-order valence-electron chi connectivity index (χ2n) is 12.9. The van der Waals surface area contributed by atoms with E-state index in [0.717, 1.165) is 12.1 Å². The molecule has 3 saturated heterocycles. The van der Waals surface area contributed by atoms with E-state index in [1.54, 1.807) is 0 Å². The summed E-state index contributed by atoms with van der Waals surface area (Å²) in [5.41, 5.74) is -1.23. The molecule has 3 aromatic rings. The summed E-state index contributed by atoms with van der Waals surface area (Å²) in [5, 5.41) is 123. The highest BCUT2D eigenvalue weighted by molar-refractivity contribution is 5.88. The first-order valence-corrected chi connectivity index (χ1v) is 16.4. The molecule has 20 nitrogen and oxygen atoms in total. The van der Waals surface area contributed by atoms with E-state index in [-0.39, 0.29) is 22.7 Å². The number of phenolic OH excluding ortho intramolecular Hbond substituents is 2. The van der Waals surface area contributed by atoms with Crippen LogP contribution in [0, 0.1) is 0 Å². The normalized spacial score (nSPS) is 37.8. The molecule has 0 unspecified atom stereocenters. The molecule has 2 aromatic carbocycles. The maximum atomic E-state index is 13.9. The Morgan fingerprint density at radius 3 is 1.87 bits per heavy atom. The van der Waals surface area contributed by atoms with E-state index >= 15 is 0 Å². The lowest BCUT2D eigenvalue weighted by Gasteiger charge is -2.42. The minimum atomic E-state index is -2.00. The fourth-order valence-corrected chi connectivity index (χ4v) is 6.16. The van der Waals surface area contributed by atoms with E-state index in [9.17, 15) is 66.1 Å². The summed E-state index contributed by atoms with van der Waals surface area (Å²) in [6.45, 7) is 0.101. The van der Waals surface area contributed by atoms with Gasteiger partial charge in [-0.15, -0.1) is 0 Å². The molecule has 3 aliphatic rings. The molecular formula is C33H40O20. The number of aliphatic hydroxyl groups is 10. The zero-order chi connectivity index (χ0) is 38.5. The van der Waals surface area contributed by atoms with E-state index in [4.69, 9.17) is 32.8 Å². The van der Waals surface area contributed by atoms with Crippen LogP contribution >= 0.6 is 0 Å². The minimum absolute atomic E-state index is 0.0356. The number of hydrogen-bond acceptors (Lipinski definition) is 20. The summed E-state index contributed by atoms with van der Waals surface area (Å²) in [5.74, 6) is -2.15. The van der Waals surface area contributed by atoms with Gasteiger partial charge in [-0.05, 0) is 31.2 Å². The van der Waals surface area contributed by atoms with E-state index in [1.807, 2.05) is 0 Å². The van der Waals surface area contributed by atoms with Crippen LogP contribution < -0.4 is 14.9 Å². The third kappa shape index (κ3) is 7.52. The van der Waals surface area contributed by atoms with Gasteiger partial charge in [0.25, 0.3) is 0 Å². The van der Waals surface area contributed by atoms with Gasteiger partial charge in [-0.3, -0.25) is 4.79 Å². The summed E-state index contributed by atoms with van der Waals surface area (Å²) in [6.07, 6.45) is -24.2. The zero-order valence-corrected chi connectivity index (χ0v) is 27.7. The van der Waals surface area contributed by atoms with Gasteiger partial charge in [0, 0.05) is 17.7 Å². The van der Waals surface area contributed by atoms with E-state index in [0.29, 0.717) is 0 Å². The highest BCUT2D eigenvalue weighted by Gasteiger charge is 2.48. The van der Waals surface area contributed by atoms with E-state index in [1.165, 1.54) is 31.2 Å². The second kappa shape index (κ2) is 15.6. The molecule has 6 rings (SSSR count). The highest BCUT2D eigenvalue weighted by Crippen LogP contribution is 2.38. The van der Waals surface area contributed by atoms with Crippen LogP contribution in [0.5, 0.6) is 23.0 Å². The smallest absolute Gasteiger partial charge is 0.239 e. The average Bonchev–Trinajstić information content (AvgIpc) is 3.13. The summed E-state index contributed by atoms with van der Waals surface area (Å²) in [4.78, 5) is 13.9. The lowest BCUT2D eigenvalue weighted by Crippen LogP contribution is -2.61. The molecule has 12 N–H and O–H groups in total. The lowest BCUT2D eigenvalue weighted by molar-refractivity contribution is -0.318. The Morgan fingerprint density at radius 1 is 0.660 bits per heavy atom. The third-order valence-electron chi connectivity index (χ3n) is 9.27. The number of hydrogen-bond donors (Lipinski definition) is 12. The Kier molecular flexibility index (Phi) is 11.5. The number of ether oxygens (including phenoxy) is 6. The first kappa shape index (κ1) is 39.0. The minimum Gasteiger partial charge on any atom is -0.508 e. The molecule has 15 atom stereocenters. The van der Waals surface area contributed by atoms with Crippen LogP contribution in [0.25, 0.3) is 22.3 Å². The standard InChI is InChI=1S/C33H40O20/c1-10-19(37)23(41)26(44)31(48-10)47-9-17-21(39)25(43)28(46)33(52-17)53-30-22(40)18-14(36)6-12(35)7-15(18)50-29(30)11-2-4-13(5-3-11)49-32-27(45)24(42)20(38)16(8-34)51-32/h2-7,10,16-17,19-21,23-28,31-39,41-46H,8-9H2,1H3/t10-,16-,17-,19-,20-,21-,23-,24-,25-,26+,27-,28-,31+,32-,33-/m0/s1. The quantitative estimate of drug-likeness (QED) is 0.0992. The van der Waals surface area contributed by atoms with Crippen molar-refractivity contribution in [1.29, 1.82) is 0 Å². The predicted molar refractivity (Wildman–Crippen MR) is 171 cm³/mol. The van der Waals surface area contributed by atoms with Crippen LogP contribution in [0.3, 0.4) is 0 Å². The molecule has 20 heteroatoms. The SMILES string of the molecule is C[C@@H]1O[C@@H](OC[C@@H]2O[C@@H](Oc3c(-c4ccc(O[C@H]5O[C@@H](CO)[C@H](O)[C@H](O)[C@@H]5O)cc4)oc4cc(O)cc(O)c4c3=O)[C@@H](O)[C@@H](O)[C@H]2O)[C@H](O)[C@@H](O)[C@H]1O. The fraction of sp³-hybridized carbons (Fsp3) is 0.545. The molecule has 3 aliphatic heterocycles. The van der Waals surface area contributed by atoms with Gasteiger partial charge in [0.15, 0.2) is 12.1 Å². The van der Waals surface area contributed by atoms with Gasteiger partial charge < -0.3 is 94.1 Å². The Labute approximate surface area is 298 Å². The van der Waals surface area contributed by atoms with E-state index in [2.05, 4.69) is 0 Å². The predicted octanol–water partition coefficient (Wildman–Crippen LogP) is -3.92. The van der Waals surface area contributed by atoms with Crippen molar-refractivity contribution < 1.29 is 94.1 Å². The maximum Gasteiger partial charge on any atom is 0.239 e. The van der Waals surface area contributed by atoms with Gasteiger partial charge >= 0.3 is 0 Å². The van der Waals surface area contributed by atoms with Crippen molar-refractivity contribution in [2.24, 2.45) is 0 Å². The van der Waals surface area contributed by atoms with E-state index < -0.39 is 133 Å². The third-order valence-corrected chi connectivity index (χ3v) is 9.27. The first-order chi connectivity index (χ1) is 25.1. The number of benzene rings is 2. The van der Waals surface area contributed by atoms with Crippen LogP contribution in [0.15, 0.2) is 45.6 Å². The summed E-state index contributed by atoms with van der Waals surface area (Å²) < 4.78 is 39.2. The molecule has 0 aliphatic carbocycles. The molecule has 0 saturated carbocycles. The molecule has 1 aromatic heterocycles. The molecule has 53 heavy (non-hydrogen) atoms. The molecule has 0 spiro atoms. The van der Waals surface area contributed by atoms with Crippen molar-refractivity contribution in [3.05, 3.63) is 46.6 Å². The van der Waals surface area contributed by atoms with Gasteiger partial charge in [0.05, 0.1) is 19.3 Å². The molecule has 0 bridgehead atoms. The summed E-state index contributed by atoms with van der Waals surface area (Å²) >= 11 is 0. The topological polar surface area (TPSA) is 328 Å². The Morgan fingerprint density at radius 2 is 1.23 bits per heavy atom. The van der Waals surface area contributed by atoms with Crippen LogP contribution in [-0.2, 0) is 18.9 Å². The van der Waals surface area contributed by atoms with Gasteiger partial charge in [-0.1, -0.05) is 0 Å². The van der Waals surface area contributed by atoms with Crippen LogP contribution in [0.1, 0.15) is 6.92 Å². The zero-order valence-electron chi connectivity index (χ0n) is 27.7. The highest BCUT2D eigenvalue weighted by atomic mass is 16.7. The molecule has 0 radical (unpaired) electrons. The Bertz CT molecular complexity index is 1780. The summed E-state index contributed by atoms with van der Waals surface area (Å²) in [7, 11) is 0. The van der Waals surface area contributed by atoms with Crippen molar-refractivity contribution >= 4 is 11.0 Å². The van der Waals surface area contributed by atoms with Crippen LogP contribution in [-0.4, -0.2) is 167 Å². The number of rotatable bonds is 9. The van der Waals surface area contributed by atoms with Gasteiger partial charge in [0.1, 0.15) is 95.4 Å². The fourth-order valence-electron chi connectivity index (χ4n) is 6.16. The van der Waals surface area contributed by atoms with Crippen molar-refractivity contribution in [2.45, 2.75) is 99.0 Å². The van der Waals surface area contributed by atoms with Crippen molar-refractivity contribution in [3.8, 4) is 34.3 Å². The monoisotopic (exact) mass is 756 g/mol. The van der Waals surface area contributed by atoms with Crippen LogP contribution in [0.2, 0.25) is 0 Å². The molecule has 4 heterocycles.